The van der Waals surface area contributed by atoms with Crippen molar-refractivity contribution in [1.29, 1.82) is 0 Å². The van der Waals surface area contributed by atoms with Crippen LogP contribution in [0.2, 0.25) is 0 Å². The lowest BCUT2D eigenvalue weighted by Crippen LogP contribution is -2.25. The van der Waals surface area contributed by atoms with Crippen LogP contribution in [0.4, 0.5) is 0 Å². The van der Waals surface area contributed by atoms with Gasteiger partial charge in [0.2, 0.25) is 0 Å². The van der Waals surface area contributed by atoms with Crippen LogP contribution >= 0.6 is 7.14 Å². The molecular weight excluding hydrogens is 383 g/mol. The van der Waals surface area contributed by atoms with Gasteiger partial charge in [-0.05, 0) is 29.5 Å². The van der Waals surface area contributed by atoms with E-state index in [9.17, 15) is 4.57 Å². The Morgan fingerprint density at radius 3 is 1.47 bits per heavy atom. The summed E-state index contributed by atoms with van der Waals surface area (Å²) >= 11 is 0. The topological polar surface area (TPSA) is 17.1 Å². The molecule has 0 unspecified atom stereocenters. The van der Waals surface area contributed by atoms with Crippen molar-refractivity contribution < 1.29 is 4.57 Å². The van der Waals surface area contributed by atoms with E-state index in [1.54, 1.807) is 0 Å². The van der Waals surface area contributed by atoms with Crippen molar-refractivity contribution in [3.05, 3.63) is 121 Å². The Kier molecular flexibility index (Phi) is 4.93. The molecule has 1 nitrogen and oxygen atoms in total. The molecular formula is C28H25OP. The molecule has 5 rings (SSSR count). The van der Waals surface area contributed by atoms with Gasteiger partial charge in [0.15, 0.2) is 0 Å². The van der Waals surface area contributed by atoms with Crippen molar-refractivity contribution in [2.24, 2.45) is 0 Å². The van der Waals surface area contributed by atoms with E-state index in [0.717, 1.165) is 23.5 Å². The van der Waals surface area contributed by atoms with Crippen molar-refractivity contribution in [2.75, 3.05) is 6.16 Å². The maximum absolute atomic E-state index is 14.5. The molecule has 0 amide bonds. The average Bonchev–Trinajstić information content (AvgIpc) is 3.61. The molecule has 0 radical (unpaired) electrons. The van der Waals surface area contributed by atoms with Crippen LogP contribution in [0.25, 0.3) is 11.1 Å². The number of benzene rings is 4. The second-order valence-electron chi connectivity index (χ2n) is 8.29. The molecule has 0 aliphatic heterocycles. The van der Waals surface area contributed by atoms with E-state index in [1.165, 1.54) is 16.7 Å². The molecule has 0 saturated heterocycles. The molecule has 4 aromatic rings. The molecule has 1 aliphatic carbocycles. The van der Waals surface area contributed by atoms with E-state index < -0.39 is 7.14 Å². The Labute approximate surface area is 178 Å². The molecule has 2 heteroatoms. The lowest BCUT2D eigenvalue weighted by Gasteiger charge is -2.25. The fourth-order valence-electron chi connectivity index (χ4n) is 4.43. The summed E-state index contributed by atoms with van der Waals surface area (Å²) in [5.74, 6) is 0. The zero-order valence-corrected chi connectivity index (χ0v) is 17.8. The quantitative estimate of drug-likeness (QED) is 0.338. The molecule has 1 fully saturated rings. The first-order valence-electron chi connectivity index (χ1n) is 10.6. The predicted octanol–water partition coefficient (Wildman–Crippen LogP) is 6.40. The number of rotatable bonds is 6. The van der Waals surface area contributed by atoms with Crippen LogP contribution in [0.1, 0.15) is 18.4 Å². The summed E-state index contributed by atoms with van der Waals surface area (Å²) in [6.07, 6.45) is 2.89. The monoisotopic (exact) mass is 408 g/mol. The SMILES string of the molecule is O=P(CC1(c2ccc(-c3ccccc3)cc2)CC1)(c1ccccc1)c1ccccc1. The van der Waals surface area contributed by atoms with Crippen LogP contribution in [0.3, 0.4) is 0 Å². The standard InChI is InChI=1S/C28H25OP/c29-30(26-12-6-2-7-13-26,27-14-8-3-9-15-27)22-28(20-21-28)25-18-16-24(17-19-25)23-10-4-1-5-11-23/h1-19H,20-22H2. The molecule has 1 aliphatic rings. The summed E-state index contributed by atoms with van der Waals surface area (Å²) in [5, 5.41) is 1.92. The normalized spacial score (nSPS) is 14.9. The first kappa shape index (κ1) is 19.1. The minimum absolute atomic E-state index is 0.0103. The van der Waals surface area contributed by atoms with Crippen LogP contribution in [-0.2, 0) is 9.98 Å². The molecule has 30 heavy (non-hydrogen) atoms. The third kappa shape index (κ3) is 3.55. The van der Waals surface area contributed by atoms with E-state index in [4.69, 9.17) is 0 Å². The summed E-state index contributed by atoms with van der Waals surface area (Å²) in [6, 6.07) is 39.5. The summed E-state index contributed by atoms with van der Waals surface area (Å²) in [4.78, 5) is 0. The summed E-state index contributed by atoms with van der Waals surface area (Å²) in [6.45, 7) is 0. The Balaban J connectivity index is 1.50. The van der Waals surface area contributed by atoms with Crippen LogP contribution in [0, 0.1) is 0 Å². The van der Waals surface area contributed by atoms with Crippen LogP contribution in [0.15, 0.2) is 115 Å². The minimum atomic E-state index is -2.72. The van der Waals surface area contributed by atoms with Crippen LogP contribution < -0.4 is 10.6 Å². The van der Waals surface area contributed by atoms with Gasteiger partial charge in [-0.25, -0.2) is 0 Å². The Morgan fingerprint density at radius 2 is 1.00 bits per heavy atom. The number of hydrogen-bond acceptors (Lipinski definition) is 1. The van der Waals surface area contributed by atoms with Gasteiger partial charge >= 0.3 is 0 Å². The van der Waals surface area contributed by atoms with Gasteiger partial charge in [-0.1, -0.05) is 115 Å². The fraction of sp³-hybridized carbons (Fsp3) is 0.143. The van der Waals surface area contributed by atoms with E-state index in [2.05, 4.69) is 48.5 Å². The van der Waals surface area contributed by atoms with Gasteiger partial charge < -0.3 is 4.57 Å². The molecule has 1 saturated carbocycles. The Morgan fingerprint density at radius 1 is 0.567 bits per heavy atom. The maximum atomic E-state index is 14.5. The highest BCUT2D eigenvalue weighted by molar-refractivity contribution is 7.78. The van der Waals surface area contributed by atoms with E-state index in [-0.39, 0.29) is 5.41 Å². The minimum Gasteiger partial charge on any atom is -0.314 e. The molecule has 0 heterocycles. The Bertz CT molecular complexity index is 1120. The molecule has 0 aromatic heterocycles. The molecule has 4 aromatic carbocycles. The molecule has 0 N–H and O–H groups in total. The molecule has 148 valence electrons. The smallest absolute Gasteiger partial charge is 0.144 e. The molecule has 0 spiro atoms. The highest BCUT2D eigenvalue weighted by Crippen LogP contribution is 2.59. The van der Waals surface area contributed by atoms with Gasteiger partial charge in [-0.15, -0.1) is 0 Å². The van der Waals surface area contributed by atoms with Crippen LogP contribution in [0.5, 0.6) is 0 Å². The fourth-order valence-corrected chi connectivity index (χ4v) is 7.75. The van der Waals surface area contributed by atoms with E-state index in [0.29, 0.717) is 6.16 Å². The lowest BCUT2D eigenvalue weighted by atomic mass is 9.95. The van der Waals surface area contributed by atoms with Crippen molar-refractivity contribution >= 4 is 17.8 Å². The first-order chi connectivity index (χ1) is 14.7. The highest BCUT2D eigenvalue weighted by Gasteiger charge is 2.49. The number of hydrogen-bond donors (Lipinski definition) is 0. The van der Waals surface area contributed by atoms with E-state index in [1.807, 2.05) is 66.7 Å². The second-order valence-corrected chi connectivity index (χ2v) is 11.1. The largest absolute Gasteiger partial charge is 0.314 e. The second kappa shape index (κ2) is 7.74. The van der Waals surface area contributed by atoms with Crippen LogP contribution in [-0.4, -0.2) is 6.16 Å². The average molecular weight is 408 g/mol. The van der Waals surface area contributed by atoms with Gasteiger partial charge in [0.05, 0.1) is 0 Å². The van der Waals surface area contributed by atoms with Crippen molar-refractivity contribution in [1.82, 2.24) is 0 Å². The highest BCUT2D eigenvalue weighted by atomic mass is 31.2. The van der Waals surface area contributed by atoms with Crippen molar-refractivity contribution in [2.45, 2.75) is 18.3 Å². The van der Waals surface area contributed by atoms with Gasteiger partial charge in [0.1, 0.15) is 7.14 Å². The predicted molar refractivity (Wildman–Crippen MR) is 127 cm³/mol. The van der Waals surface area contributed by atoms with Gasteiger partial charge in [0, 0.05) is 22.2 Å². The van der Waals surface area contributed by atoms with Gasteiger partial charge in [-0.2, -0.15) is 0 Å². The third-order valence-corrected chi connectivity index (χ3v) is 9.65. The van der Waals surface area contributed by atoms with Crippen molar-refractivity contribution in [3.63, 3.8) is 0 Å². The van der Waals surface area contributed by atoms with Gasteiger partial charge in [-0.3, -0.25) is 0 Å². The zero-order chi connectivity index (χ0) is 20.4. The molecule has 0 atom stereocenters. The lowest BCUT2D eigenvalue weighted by molar-refractivity contribution is 0.581. The third-order valence-electron chi connectivity index (χ3n) is 6.33. The summed E-state index contributed by atoms with van der Waals surface area (Å²) in [5.41, 5.74) is 3.78. The summed E-state index contributed by atoms with van der Waals surface area (Å²) in [7, 11) is -2.72. The van der Waals surface area contributed by atoms with E-state index >= 15 is 0 Å². The Hall–Kier alpha value is -2.89. The summed E-state index contributed by atoms with van der Waals surface area (Å²) < 4.78 is 14.5. The molecule has 0 bridgehead atoms. The van der Waals surface area contributed by atoms with Crippen molar-refractivity contribution in [3.8, 4) is 11.1 Å². The zero-order valence-electron chi connectivity index (χ0n) is 16.9. The first-order valence-corrected chi connectivity index (χ1v) is 12.5. The maximum Gasteiger partial charge on any atom is 0.144 e. The van der Waals surface area contributed by atoms with Gasteiger partial charge in [0.25, 0.3) is 0 Å².